The lowest BCUT2D eigenvalue weighted by Crippen LogP contribution is -2.27. The van der Waals surface area contributed by atoms with Crippen LogP contribution in [-0.2, 0) is 10.0 Å². The van der Waals surface area contributed by atoms with Gasteiger partial charge in [-0.15, -0.1) is 0 Å². The summed E-state index contributed by atoms with van der Waals surface area (Å²) in [5, 5.41) is 12.0. The molecular weight excluding hydrogens is 306 g/mol. The maximum absolute atomic E-state index is 11.1. The minimum atomic E-state index is -3.50. The summed E-state index contributed by atoms with van der Waals surface area (Å²) in [5.41, 5.74) is 0. The first-order valence-electron chi connectivity index (χ1n) is 5.96. The highest BCUT2D eigenvalue weighted by atomic mass is 35.5. The van der Waals surface area contributed by atoms with Gasteiger partial charge in [-0.1, -0.05) is 13.8 Å². The summed E-state index contributed by atoms with van der Waals surface area (Å²) in [6.45, 7) is 3.93. The van der Waals surface area contributed by atoms with E-state index in [1.54, 1.807) is 0 Å². The Bertz CT molecular complexity index is 552. The van der Waals surface area contributed by atoms with Crippen molar-refractivity contribution in [2.24, 2.45) is 5.92 Å². The molecule has 0 aliphatic rings. The zero-order valence-corrected chi connectivity index (χ0v) is 13.0. The number of nitrogens with zero attached hydrogens (tertiary/aromatic N) is 3. The van der Waals surface area contributed by atoms with Crippen LogP contribution in [0, 0.1) is 5.92 Å². The second-order valence-corrected chi connectivity index (χ2v) is 6.87. The number of aromatic nitrogens is 3. The predicted molar refractivity (Wildman–Crippen MR) is 77.3 cm³/mol. The Balaban J connectivity index is 2.89. The SMILES string of the molecule is CC(C)CC(CO)Nc1nc(Cl)nc(NS(C)(=O)=O)n1. The Morgan fingerprint density at radius 3 is 2.35 bits per heavy atom. The molecule has 0 saturated carbocycles. The van der Waals surface area contributed by atoms with Crippen molar-refractivity contribution in [3.8, 4) is 0 Å². The molecule has 0 radical (unpaired) electrons. The highest BCUT2D eigenvalue weighted by Gasteiger charge is 2.14. The van der Waals surface area contributed by atoms with Crippen molar-refractivity contribution in [2.45, 2.75) is 26.3 Å². The number of sulfonamides is 1. The fraction of sp³-hybridized carbons (Fsp3) is 0.700. The molecule has 0 saturated heterocycles. The standard InChI is InChI=1S/C10H18ClN5O3S/c1-6(2)4-7(5-17)12-9-13-8(11)14-10(15-9)16-20(3,18)19/h6-7,17H,4-5H2,1-3H3,(H2,12,13,14,15,16). The van der Waals surface area contributed by atoms with E-state index in [9.17, 15) is 13.5 Å². The van der Waals surface area contributed by atoms with Crippen LogP contribution in [0.4, 0.5) is 11.9 Å². The van der Waals surface area contributed by atoms with E-state index in [0.29, 0.717) is 12.3 Å². The number of rotatable bonds is 7. The highest BCUT2D eigenvalue weighted by Crippen LogP contribution is 2.13. The molecule has 10 heteroatoms. The van der Waals surface area contributed by atoms with E-state index in [2.05, 4.69) is 25.0 Å². The average molecular weight is 324 g/mol. The van der Waals surface area contributed by atoms with Crippen molar-refractivity contribution < 1.29 is 13.5 Å². The summed E-state index contributed by atoms with van der Waals surface area (Å²) in [6, 6.07) is -0.250. The predicted octanol–water partition coefficient (Wildman–Crippen LogP) is 0.715. The van der Waals surface area contributed by atoms with Gasteiger partial charge in [0.1, 0.15) is 0 Å². The van der Waals surface area contributed by atoms with Gasteiger partial charge in [-0.25, -0.2) is 8.42 Å². The molecule has 0 amide bonds. The van der Waals surface area contributed by atoms with Crippen molar-refractivity contribution in [3.63, 3.8) is 0 Å². The van der Waals surface area contributed by atoms with E-state index < -0.39 is 10.0 Å². The summed E-state index contributed by atoms with van der Waals surface area (Å²) in [7, 11) is -3.50. The maximum atomic E-state index is 11.1. The number of nitrogens with one attached hydrogen (secondary N) is 2. The van der Waals surface area contributed by atoms with Crippen LogP contribution >= 0.6 is 11.6 Å². The smallest absolute Gasteiger partial charge is 0.242 e. The normalized spacial score (nSPS) is 13.3. The second-order valence-electron chi connectivity index (χ2n) is 4.78. The van der Waals surface area contributed by atoms with Crippen LogP contribution in [0.15, 0.2) is 0 Å². The molecule has 3 N–H and O–H groups in total. The third kappa shape index (κ3) is 6.31. The Morgan fingerprint density at radius 2 is 1.85 bits per heavy atom. The van der Waals surface area contributed by atoms with E-state index in [1.165, 1.54) is 0 Å². The fourth-order valence-corrected chi connectivity index (χ4v) is 2.14. The van der Waals surface area contributed by atoms with E-state index in [-0.39, 0.29) is 29.8 Å². The molecular formula is C10H18ClN5O3S. The van der Waals surface area contributed by atoms with E-state index in [1.807, 2.05) is 13.8 Å². The summed E-state index contributed by atoms with van der Waals surface area (Å²) in [6.07, 6.45) is 1.68. The Hall–Kier alpha value is -1.19. The minimum absolute atomic E-state index is 0.101. The molecule has 0 aromatic carbocycles. The number of hydrogen-bond donors (Lipinski definition) is 3. The first-order chi connectivity index (χ1) is 9.19. The van der Waals surface area contributed by atoms with Gasteiger partial charge in [-0.2, -0.15) is 15.0 Å². The topological polar surface area (TPSA) is 117 Å². The van der Waals surface area contributed by atoms with Crippen molar-refractivity contribution in [1.82, 2.24) is 15.0 Å². The van der Waals surface area contributed by atoms with Crippen LogP contribution < -0.4 is 10.0 Å². The van der Waals surface area contributed by atoms with Crippen LogP contribution in [0.25, 0.3) is 0 Å². The number of anilines is 2. The Kier molecular flexibility index (Phi) is 5.90. The number of halogens is 1. The molecule has 0 spiro atoms. The third-order valence-electron chi connectivity index (χ3n) is 2.19. The van der Waals surface area contributed by atoms with Gasteiger partial charge in [0.25, 0.3) is 0 Å². The van der Waals surface area contributed by atoms with Crippen LogP contribution in [0.3, 0.4) is 0 Å². The lowest BCUT2D eigenvalue weighted by molar-refractivity contribution is 0.259. The quantitative estimate of drug-likeness (QED) is 0.676. The summed E-state index contributed by atoms with van der Waals surface area (Å²) in [5.74, 6) is 0.303. The molecule has 20 heavy (non-hydrogen) atoms. The molecule has 1 unspecified atom stereocenters. The van der Waals surface area contributed by atoms with Crippen LogP contribution in [0.2, 0.25) is 5.28 Å². The first-order valence-corrected chi connectivity index (χ1v) is 8.23. The molecule has 0 fully saturated rings. The largest absolute Gasteiger partial charge is 0.394 e. The first kappa shape index (κ1) is 16.9. The molecule has 1 aromatic rings. The van der Waals surface area contributed by atoms with Crippen molar-refractivity contribution in [2.75, 3.05) is 22.9 Å². The van der Waals surface area contributed by atoms with Crippen molar-refractivity contribution in [1.29, 1.82) is 0 Å². The zero-order valence-electron chi connectivity index (χ0n) is 11.5. The van der Waals surface area contributed by atoms with Crippen LogP contribution in [0.1, 0.15) is 20.3 Å². The molecule has 1 rings (SSSR count). The lowest BCUT2D eigenvalue weighted by Gasteiger charge is -2.18. The second kappa shape index (κ2) is 7.00. The number of aliphatic hydroxyl groups excluding tert-OH is 1. The highest BCUT2D eigenvalue weighted by molar-refractivity contribution is 7.91. The molecule has 0 bridgehead atoms. The van der Waals surface area contributed by atoms with Crippen molar-refractivity contribution in [3.05, 3.63) is 5.28 Å². The summed E-state index contributed by atoms with van der Waals surface area (Å²) >= 11 is 5.71. The summed E-state index contributed by atoms with van der Waals surface area (Å²) < 4.78 is 24.4. The number of hydrogen-bond acceptors (Lipinski definition) is 7. The Morgan fingerprint density at radius 1 is 1.25 bits per heavy atom. The van der Waals surface area contributed by atoms with Gasteiger partial charge in [0.15, 0.2) is 0 Å². The fourth-order valence-electron chi connectivity index (χ4n) is 1.56. The molecule has 0 aliphatic heterocycles. The van der Waals surface area contributed by atoms with Crippen molar-refractivity contribution >= 4 is 33.5 Å². The van der Waals surface area contributed by atoms with Crippen LogP contribution in [0.5, 0.6) is 0 Å². The van der Waals surface area contributed by atoms with E-state index in [4.69, 9.17) is 11.6 Å². The molecule has 1 aromatic heterocycles. The van der Waals surface area contributed by atoms with Gasteiger partial charge in [0.2, 0.25) is 27.2 Å². The zero-order chi connectivity index (χ0) is 15.3. The van der Waals surface area contributed by atoms with E-state index >= 15 is 0 Å². The van der Waals surface area contributed by atoms with Gasteiger partial charge in [0, 0.05) is 0 Å². The maximum Gasteiger partial charge on any atom is 0.242 e. The summed E-state index contributed by atoms with van der Waals surface area (Å²) in [4.78, 5) is 11.4. The van der Waals surface area contributed by atoms with Gasteiger partial charge in [0.05, 0.1) is 18.9 Å². The monoisotopic (exact) mass is 323 g/mol. The Labute approximate surface area is 123 Å². The number of aliphatic hydroxyl groups is 1. The minimum Gasteiger partial charge on any atom is -0.394 e. The third-order valence-corrected chi connectivity index (χ3v) is 2.92. The molecule has 114 valence electrons. The molecule has 1 heterocycles. The lowest BCUT2D eigenvalue weighted by atomic mass is 10.0. The van der Waals surface area contributed by atoms with Gasteiger partial charge in [-0.05, 0) is 23.9 Å². The molecule has 1 atom stereocenters. The van der Waals surface area contributed by atoms with Gasteiger partial charge < -0.3 is 10.4 Å². The van der Waals surface area contributed by atoms with E-state index in [0.717, 1.165) is 6.26 Å². The van der Waals surface area contributed by atoms with Crippen LogP contribution in [-0.4, -0.2) is 47.4 Å². The van der Waals surface area contributed by atoms with Gasteiger partial charge in [-0.3, -0.25) is 4.72 Å². The van der Waals surface area contributed by atoms with Gasteiger partial charge >= 0.3 is 0 Å². The molecule has 8 nitrogen and oxygen atoms in total. The average Bonchev–Trinajstić information content (AvgIpc) is 2.23. The molecule has 0 aliphatic carbocycles.